The molecule has 0 radical (unpaired) electrons. The molecule has 0 aromatic rings. The summed E-state index contributed by atoms with van der Waals surface area (Å²) in [6.07, 6.45) is 6.90. The summed E-state index contributed by atoms with van der Waals surface area (Å²) in [5, 5.41) is 0. The predicted octanol–water partition coefficient (Wildman–Crippen LogP) is 2.01. The van der Waals surface area contributed by atoms with Gasteiger partial charge < -0.3 is 9.47 Å². The van der Waals surface area contributed by atoms with Crippen molar-refractivity contribution in [2.24, 2.45) is 0 Å². The summed E-state index contributed by atoms with van der Waals surface area (Å²) >= 11 is 0. The van der Waals surface area contributed by atoms with Gasteiger partial charge >= 0.3 is 11.9 Å². The molecule has 4 nitrogen and oxygen atoms in total. The van der Waals surface area contributed by atoms with E-state index in [9.17, 15) is 9.59 Å². The number of allylic oxidation sites excluding steroid dienone is 2. The van der Waals surface area contributed by atoms with E-state index in [0.29, 0.717) is 18.4 Å². The van der Waals surface area contributed by atoms with Gasteiger partial charge in [0.15, 0.2) is 0 Å². The molecule has 0 aromatic heterocycles. The minimum atomic E-state index is -0.302. The van der Waals surface area contributed by atoms with Crippen LogP contribution >= 0.6 is 0 Å². The highest BCUT2D eigenvalue weighted by atomic mass is 16.5. The maximum atomic E-state index is 11.2. The smallest absolute Gasteiger partial charge is 0.333 e. The maximum Gasteiger partial charge on any atom is 0.333 e. The topological polar surface area (TPSA) is 52.6 Å². The third-order valence-corrected chi connectivity index (χ3v) is 2.06. The van der Waals surface area contributed by atoms with E-state index in [4.69, 9.17) is 0 Å². The monoisotopic (exact) mass is 226 g/mol. The number of hydrogen-bond donors (Lipinski definition) is 0. The Labute approximate surface area is 95.9 Å². The van der Waals surface area contributed by atoms with Crippen LogP contribution in [0.15, 0.2) is 23.8 Å². The average Bonchev–Trinajstić information content (AvgIpc) is 2.32. The first kappa shape index (κ1) is 14.4. The van der Waals surface area contributed by atoms with Crippen LogP contribution in [0, 0.1) is 0 Å². The van der Waals surface area contributed by atoms with E-state index in [1.165, 1.54) is 14.2 Å². The van der Waals surface area contributed by atoms with Crippen LogP contribution in [-0.4, -0.2) is 26.2 Å². The number of hydrogen-bond acceptors (Lipinski definition) is 4. The first-order valence-electron chi connectivity index (χ1n) is 5.11. The summed E-state index contributed by atoms with van der Waals surface area (Å²) in [6, 6.07) is 0. The van der Waals surface area contributed by atoms with Gasteiger partial charge in [-0.05, 0) is 19.8 Å². The van der Waals surface area contributed by atoms with Gasteiger partial charge in [-0.25, -0.2) is 4.79 Å². The lowest BCUT2D eigenvalue weighted by Crippen LogP contribution is -2.04. The third kappa shape index (κ3) is 6.01. The second-order valence-electron chi connectivity index (χ2n) is 3.10. The lowest BCUT2D eigenvalue weighted by molar-refractivity contribution is -0.139. The van der Waals surface area contributed by atoms with Gasteiger partial charge in [0.25, 0.3) is 0 Å². The molecule has 16 heavy (non-hydrogen) atoms. The van der Waals surface area contributed by atoms with Crippen molar-refractivity contribution in [2.75, 3.05) is 14.2 Å². The fourth-order valence-corrected chi connectivity index (χ4v) is 1.11. The SMILES string of the molecule is CC=C(CCC=CCC(=O)OC)C(=O)OC. The second-order valence-corrected chi connectivity index (χ2v) is 3.10. The van der Waals surface area contributed by atoms with Crippen LogP contribution in [0.1, 0.15) is 26.2 Å². The zero-order valence-electron chi connectivity index (χ0n) is 9.99. The van der Waals surface area contributed by atoms with Crippen LogP contribution in [0.2, 0.25) is 0 Å². The first-order valence-corrected chi connectivity index (χ1v) is 5.11. The molecule has 0 aliphatic rings. The third-order valence-electron chi connectivity index (χ3n) is 2.06. The standard InChI is InChI=1S/C12H18O4/c1-4-10(12(14)16-3)8-6-5-7-9-11(13)15-2/h4-5,7H,6,8-9H2,1-3H3. The van der Waals surface area contributed by atoms with E-state index >= 15 is 0 Å². The Morgan fingerprint density at radius 1 is 1.12 bits per heavy atom. The Morgan fingerprint density at radius 3 is 2.31 bits per heavy atom. The van der Waals surface area contributed by atoms with Crippen LogP contribution in [0.3, 0.4) is 0 Å². The summed E-state index contributed by atoms with van der Waals surface area (Å²) in [5.74, 6) is -0.570. The van der Waals surface area contributed by atoms with E-state index in [0.717, 1.165) is 0 Å². The molecule has 0 unspecified atom stereocenters. The molecule has 90 valence electrons. The molecule has 0 aliphatic heterocycles. The van der Waals surface area contributed by atoms with Crippen LogP contribution in [0.25, 0.3) is 0 Å². The molecule has 4 heteroatoms. The number of methoxy groups -OCH3 is 2. The molecule has 0 aromatic carbocycles. The van der Waals surface area contributed by atoms with Crippen molar-refractivity contribution in [3.05, 3.63) is 23.8 Å². The van der Waals surface area contributed by atoms with E-state index in [-0.39, 0.29) is 18.4 Å². The molecule has 0 amide bonds. The number of ether oxygens (including phenoxy) is 2. The van der Waals surface area contributed by atoms with Crippen LogP contribution in [0.5, 0.6) is 0 Å². The molecule has 0 rings (SSSR count). The Kier molecular flexibility index (Phi) is 7.85. The molecule has 0 N–H and O–H groups in total. The number of carbonyl (C=O) groups is 2. The van der Waals surface area contributed by atoms with E-state index < -0.39 is 0 Å². The number of esters is 2. The Bertz CT molecular complexity index is 289. The summed E-state index contributed by atoms with van der Waals surface area (Å²) in [5.41, 5.74) is 0.644. The van der Waals surface area contributed by atoms with Gasteiger partial charge in [-0.3, -0.25) is 4.79 Å². The molecule has 0 atom stereocenters. The number of rotatable bonds is 6. The first-order chi connectivity index (χ1) is 7.65. The normalized spacial score (nSPS) is 11.6. The van der Waals surface area contributed by atoms with Gasteiger partial charge in [-0.15, -0.1) is 0 Å². The quantitative estimate of drug-likeness (QED) is 0.395. The minimum Gasteiger partial charge on any atom is -0.469 e. The van der Waals surface area contributed by atoms with Gasteiger partial charge in [-0.1, -0.05) is 18.2 Å². The molecule has 0 fully saturated rings. The number of carbonyl (C=O) groups excluding carboxylic acids is 2. The Balaban J connectivity index is 3.88. The zero-order valence-corrected chi connectivity index (χ0v) is 9.99. The van der Waals surface area contributed by atoms with Gasteiger partial charge in [-0.2, -0.15) is 0 Å². The summed E-state index contributed by atoms with van der Waals surface area (Å²) in [6.45, 7) is 1.80. The summed E-state index contributed by atoms with van der Waals surface area (Å²) in [7, 11) is 2.71. The minimum absolute atomic E-state index is 0.264. The summed E-state index contributed by atoms with van der Waals surface area (Å²) < 4.78 is 9.09. The lowest BCUT2D eigenvalue weighted by atomic mass is 10.1. The average molecular weight is 226 g/mol. The van der Waals surface area contributed by atoms with Crippen molar-refractivity contribution in [3.8, 4) is 0 Å². The fourth-order valence-electron chi connectivity index (χ4n) is 1.11. The molecular weight excluding hydrogens is 208 g/mol. The van der Waals surface area contributed by atoms with Gasteiger partial charge in [0.2, 0.25) is 0 Å². The van der Waals surface area contributed by atoms with E-state index in [1.54, 1.807) is 19.1 Å². The fraction of sp³-hybridized carbons (Fsp3) is 0.500. The maximum absolute atomic E-state index is 11.2. The second kappa shape index (κ2) is 8.71. The van der Waals surface area contributed by atoms with Gasteiger partial charge in [0.05, 0.1) is 20.6 Å². The molecule has 0 saturated carbocycles. The highest BCUT2D eigenvalue weighted by Crippen LogP contribution is 2.07. The highest BCUT2D eigenvalue weighted by molar-refractivity contribution is 5.88. The molecule has 0 heterocycles. The van der Waals surface area contributed by atoms with Crippen molar-refractivity contribution in [1.29, 1.82) is 0 Å². The van der Waals surface area contributed by atoms with E-state index in [2.05, 4.69) is 9.47 Å². The van der Waals surface area contributed by atoms with E-state index in [1.807, 2.05) is 6.08 Å². The lowest BCUT2D eigenvalue weighted by Gasteiger charge is -2.01. The molecule has 0 aliphatic carbocycles. The zero-order chi connectivity index (χ0) is 12.4. The Hall–Kier alpha value is -1.58. The largest absolute Gasteiger partial charge is 0.469 e. The van der Waals surface area contributed by atoms with Crippen molar-refractivity contribution < 1.29 is 19.1 Å². The van der Waals surface area contributed by atoms with Crippen molar-refractivity contribution >= 4 is 11.9 Å². The predicted molar refractivity (Wildman–Crippen MR) is 60.8 cm³/mol. The molecule has 0 bridgehead atoms. The molecule has 0 spiro atoms. The molecular formula is C12H18O4. The van der Waals surface area contributed by atoms with Crippen LogP contribution < -0.4 is 0 Å². The van der Waals surface area contributed by atoms with Gasteiger partial charge in [0.1, 0.15) is 0 Å². The molecule has 0 saturated heterocycles. The van der Waals surface area contributed by atoms with Crippen molar-refractivity contribution in [1.82, 2.24) is 0 Å². The van der Waals surface area contributed by atoms with Crippen LogP contribution in [-0.2, 0) is 19.1 Å². The van der Waals surface area contributed by atoms with Crippen molar-refractivity contribution in [2.45, 2.75) is 26.2 Å². The van der Waals surface area contributed by atoms with Crippen molar-refractivity contribution in [3.63, 3.8) is 0 Å². The Morgan fingerprint density at radius 2 is 1.81 bits per heavy atom. The highest BCUT2D eigenvalue weighted by Gasteiger charge is 2.06. The summed E-state index contributed by atoms with van der Waals surface area (Å²) in [4.78, 5) is 21.9. The van der Waals surface area contributed by atoms with Gasteiger partial charge in [0, 0.05) is 5.57 Å². The van der Waals surface area contributed by atoms with Crippen LogP contribution in [0.4, 0.5) is 0 Å².